The predicted molar refractivity (Wildman–Crippen MR) is 89.9 cm³/mol. The van der Waals surface area contributed by atoms with Crippen LogP contribution in [0.5, 0.6) is 0 Å². The van der Waals surface area contributed by atoms with Crippen LogP contribution in [0, 0.1) is 6.92 Å². The smallest absolute Gasteiger partial charge is 0.320 e. The molecule has 2 amide bonds. The number of aryl methyl sites for hydroxylation is 2. The molecule has 2 heterocycles. The zero-order valence-corrected chi connectivity index (χ0v) is 13.8. The van der Waals surface area contributed by atoms with Crippen molar-refractivity contribution in [1.29, 1.82) is 0 Å². The minimum atomic E-state index is -0.272. The fourth-order valence-electron chi connectivity index (χ4n) is 2.42. The van der Waals surface area contributed by atoms with E-state index in [1.54, 1.807) is 22.7 Å². The predicted octanol–water partition coefficient (Wildman–Crippen LogP) is 2.19. The summed E-state index contributed by atoms with van der Waals surface area (Å²) in [6.45, 7) is 3.81. The zero-order valence-electron chi connectivity index (χ0n) is 13.8. The van der Waals surface area contributed by atoms with Gasteiger partial charge in [0.05, 0.1) is 17.4 Å². The maximum absolute atomic E-state index is 12.1. The van der Waals surface area contributed by atoms with Crippen molar-refractivity contribution in [1.82, 2.24) is 29.9 Å². The normalized spacial score (nSPS) is 12.0. The Balaban J connectivity index is 1.63. The number of nitrogens with zero attached hydrogens (tertiary/aromatic N) is 5. The summed E-state index contributed by atoms with van der Waals surface area (Å²) >= 11 is 0. The van der Waals surface area contributed by atoms with E-state index in [9.17, 15) is 4.79 Å². The van der Waals surface area contributed by atoms with E-state index in [4.69, 9.17) is 0 Å². The van der Waals surface area contributed by atoms with Gasteiger partial charge < -0.3 is 5.32 Å². The highest BCUT2D eigenvalue weighted by molar-refractivity contribution is 5.88. The van der Waals surface area contributed by atoms with Gasteiger partial charge in [0, 0.05) is 13.1 Å². The molecule has 0 bridgehead atoms. The quantitative estimate of drug-likeness (QED) is 0.769. The lowest BCUT2D eigenvalue weighted by Crippen LogP contribution is -2.31. The van der Waals surface area contributed by atoms with Gasteiger partial charge in [-0.05, 0) is 31.5 Å². The zero-order chi connectivity index (χ0) is 17.1. The van der Waals surface area contributed by atoms with Crippen molar-refractivity contribution in [2.45, 2.75) is 19.9 Å². The average Bonchev–Trinajstić information content (AvgIpc) is 3.18. The van der Waals surface area contributed by atoms with Crippen LogP contribution in [0.2, 0.25) is 0 Å². The summed E-state index contributed by atoms with van der Waals surface area (Å²) in [5.41, 5.74) is 2.76. The lowest BCUT2D eigenvalue weighted by molar-refractivity contribution is 0.249. The van der Waals surface area contributed by atoms with E-state index in [1.165, 1.54) is 6.33 Å². The highest BCUT2D eigenvalue weighted by Gasteiger charge is 2.12. The van der Waals surface area contributed by atoms with Crippen molar-refractivity contribution in [3.63, 3.8) is 0 Å². The van der Waals surface area contributed by atoms with E-state index in [2.05, 4.69) is 25.8 Å². The van der Waals surface area contributed by atoms with Gasteiger partial charge in [-0.15, -0.1) is 0 Å². The molecule has 0 unspecified atom stereocenters. The Morgan fingerprint density at radius 3 is 2.58 bits per heavy atom. The molecular weight excluding hydrogens is 306 g/mol. The molecule has 124 valence electrons. The average molecular weight is 325 g/mol. The molecular formula is C16H19N7O. The summed E-state index contributed by atoms with van der Waals surface area (Å²) in [6, 6.07) is 9.19. The van der Waals surface area contributed by atoms with E-state index in [-0.39, 0.29) is 12.1 Å². The standard InChI is InChI=1S/C16H19N7O/c1-11-8-15(22(3)21-11)20-16(24)19-12(2)13-4-6-14(7-5-13)23-10-17-9-18-23/h4-10,12H,1-3H3,(H2,19,20,24)/t12-/m0/s1. The first-order valence-electron chi connectivity index (χ1n) is 7.56. The molecule has 8 heteroatoms. The van der Waals surface area contributed by atoms with Gasteiger partial charge in [0.2, 0.25) is 0 Å². The van der Waals surface area contributed by atoms with Crippen molar-refractivity contribution in [2.75, 3.05) is 5.32 Å². The number of benzene rings is 1. The van der Waals surface area contributed by atoms with Gasteiger partial charge >= 0.3 is 6.03 Å². The molecule has 2 aromatic heterocycles. The van der Waals surface area contributed by atoms with E-state index < -0.39 is 0 Å². The van der Waals surface area contributed by atoms with Gasteiger partial charge in [0.1, 0.15) is 18.5 Å². The minimum Gasteiger partial charge on any atom is -0.331 e. The minimum absolute atomic E-state index is 0.135. The number of carbonyl (C=O) groups excluding carboxylic acids is 1. The van der Waals surface area contributed by atoms with E-state index >= 15 is 0 Å². The van der Waals surface area contributed by atoms with Crippen molar-refractivity contribution >= 4 is 11.8 Å². The topological polar surface area (TPSA) is 89.7 Å². The second kappa shape index (κ2) is 6.53. The maximum atomic E-state index is 12.1. The molecule has 2 N–H and O–H groups in total. The number of aromatic nitrogens is 5. The number of hydrogen-bond donors (Lipinski definition) is 2. The molecule has 0 spiro atoms. The third kappa shape index (κ3) is 3.43. The summed E-state index contributed by atoms with van der Waals surface area (Å²) in [6.07, 6.45) is 3.13. The Hall–Kier alpha value is -3.16. The number of hydrogen-bond acceptors (Lipinski definition) is 4. The molecule has 0 radical (unpaired) electrons. The SMILES string of the molecule is Cc1cc(NC(=O)N[C@@H](C)c2ccc(-n3cncn3)cc2)n(C)n1. The van der Waals surface area contributed by atoms with Crippen LogP contribution < -0.4 is 10.6 Å². The molecule has 8 nitrogen and oxygen atoms in total. The van der Waals surface area contributed by atoms with E-state index in [0.29, 0.717) is 5.82 Å². The molecule has 0 aliphatic carbocycles. The number of anilines is 1. The van der Waals surface area contributed by atoms with Crippen LogP contribution in [0.3, 0.4) is 0 Å². The first-order valence-corrected chi connectivity index (χ1v) is 7.56. The molecule has 3 rings (SSSR count). The second-order valence-corrected chi connectivity index (χ2v) is 5.55. The molecule has 24 heavy (non-hydrogen) atoms. The number of carbonyl (C=O) groups is 1. The fraction of sp³-hybridized carbons (Fsp3) is 0.250. The molecule has 1 atom stereocenters. The van der Waals surface area contributed by atoms with E-state index in [0.717, 1.165) is 16.9 Å². The Morgan fingerprint density at radius 1 is 1.25 bits per heavy atom. The summed E-state index contributed by atoms with van der Waals surface area (Å²) in [4.78, 5) is 16.0. The van der Waals surface area contributed by atoms with Gasteiger partial charge in [-0.3, -0.25) is 10.00 Å². The lowest BCUT2D eigenvalue weighted by atomic mass is 10.1. The summed E-state index contributed by atoms with van der Waals surface area (Å²) in [7, 11) is 1.79. The summed E-state index contributed by atoms with van der Waals surface area (Å²) < 4.78 is 3.31. The molecule has 0 aliphatic rings. The highest BCUT2D eigenvalue weighted by Crippen LogP contribution is 2.15. The molecule has 0 saturated heterocycles. The molecule has 0 fully saturated rings. The van der Waals surface area contributed by atoms with Crippen LogP contribution in [0.1, 0.15) is 24.2 Å². The first-order chi connectivity index (χ1) is 11.5. The number of nitrogens with one attached hydrogen (secondary N) is 2. The van der Waals surface area contributed by atoms with Crippen LogP contribution in [-0.4, -0.2) is 30.6 Å². The Kier molecular flexibility index (Phi) is 4.28. The monoisotopic (exact) mass is 325 g/mol. The van der Waals surface area contributed by atoms with E-state index in [1.807, 2.05) is 44.2 Å². The van der Waals surface area contributed by atoms with Crippen LogP contribution in [0.25, 0.3) is 5.69 Å². The Labute approximate surface area is 139 Å². The number of urea groups is 1. The second-order valence-electron chi connectivity index (χ2n) is 5.55. The van der Waals surface area contributed by atoms with Gasteiger partial charge in [-0.2, -0.15) is 10.2 Å². The summed E-state index contributed by atoms with van der Waals surface area (Å²) in [5.74, 6) is 0.652. The highest BCUT2D eigenvalue weighted by atomic mass is 16.2. The Morgan fingerprint density at radius 2 is 2.00 bits per heavy atom. The molecule has 3 aromatic rings. The van der Waals surface area contributed by atoms with Crippen molar-refractivity contribution < 1.29 is 4.79 Å². The number of rotatable bonds is 4. The maximum Gasteiger partial charge on any atom is 0.320 e. The van der Waals surface area contributed by atoms with Crippen LogP contribution in [0.15, 0.2) is 43.0 Å². The molecule has 1 aromatic carbocycles. The Bertz CT molecular complexity index is 821. The van der Waals surface area contributed by atoms with Gasteiger partial charge in [0.15, 0.2) is 0 Å². The molecule has 0 saturated carbocycles. The lowest BCUT2D eigenvalue weighted by Gasteiger charge is -2.15. The third-order valence-electron chi connectivity index (χ3n) is 3.67. The van der Waals surface area contributed by atoms with Gasteiger partial charge in [0.25, 0.3) is 0 Å². The largest absolute Gasteiger partial charge is 0.331 e. The van der Waals surface area contributed by atoms with Gasteiger partial charge in [-0.25, -0.2) is 14.5 Å². The third-order valence-corrected chi connectivity index (χ3v) is 3.67. The van der Waals surface area contributed by atoms with Crippen LogP contribution in [-0.2, 0) is 7.05 Å². The van der Waals surface area contributed by atoms with Crippen molar-refractivity contribution in [2.24, 2.45) is 7.05 Å². The molecule has 0 aliphatic heterocycles. The van der Waals surface area contributed by atoms with Crippen molar-refractivity contribution in [3.8, 4) is 5.69 Å². The van der Waals surface area contributed by atoms with Gasteiger partial charge in [-0.1, -0.05) is 12.1 Å². The summed E-state index contributed by atoms with van der Waals surface area (Å²) in [5, 5.41) is 14.0. The van der Waals surface area contributed by atoms with Crippen LogP contribution in [0.4, 0.5) is 10.6 Å². The number of amides is 2. The van der Waals surface area contributed by atoms with Crippen LogP contribution >= 0.6 is 0 Å². The first kappa shape index (κ1) is 15.7. The van der Waals surface area contributed by atoms with Crippen molar-refractivity contribution in [3.05, 3.63) is 54.2 Å². The fourth-order valence-corrected chi connectivity index (χ4v) is 2.42.